The molecule has 0 aliphatic rings. The normalized spacial score (nSPS) is 11.5. The molecule has 0 unspecified atom stereocenters. The minimum Gasteiger partial charge on any atom is -0.396 e. The Morgan fingerprint density at radius 2 is 2.18 bits per heavy atom. The Morgan fingerprint density at radius 3 is 2.76 bits per heavy atom. The van der Waals surface area contributed by atoms with Gasteiger partial charge in [0.05, 0.1) is 0 Å². The maximum atomic E-state index is 12.2. The van der Waals surface area contributed by atoms with E-state index in [1.165, 1.54) is 18.3 Å². The maximum Gasteiger partial charge on any atom is 0.406 e. The first-order chi connectivity index (χ1) is 7.94. The molecule has 17 heavy (non-hydrogen) atoms. The van der Waals surface area contributed by atoms with Gasteiger partial charge in [-0.25, -0.2) is 0 Å². The number of aromatic nitrogens is 1. The molecular formula is C10H13F3N2O2. The number of hydrogen-bond acceptors (Lipinski definition) is 2. The van der Waals surface area contributed by atoms with E-state index >= 15 is 0 Å². The SMILES string of the molecule is O=C(NCCCO)c1cccn1CC(F)(F)F. The Hall–Kier alpha value is -1.50. The van der Waals surface area contributed by atoms with Gasteiger partial charge in [0, 0.05) is 19.3 Å². The standard InChI is InChI=1S/C10H13F3N2O2/c11-10(12,13)7-15-5-1-3-8(15)9(17)14-4-2-6-16/h1,3,5,16H,2,4,6-7H2,(H,14,17). The largest absolute Gasteiger partial charge is 0.406 e. The highest BCUT2D eigenvalue weighted by molar-refractivity contribution is 5.92. The smallest absolute Gasteiger partial charge is 0.396 e. The van der Waals surface area contributed by atoms with Crippen molar-refractivity contribution in [2.75, 3.05) is 13.2 Å². The van der Waals surface area contributed by atoms with Crippen molar-refractivity contribution in [3.63, 3.8) is 0 Å². The molecule has 0 aliphatic heterocycles. The number of alkyl halides is 3. The van der Waals surface area contributed by atoms with Crippen LogP contribution in [0.15, 0.2) is 18.3 Å². The van der Waals surface area contributed by atoms with Crippen LogP contribution in [-0.4, -0.2) is 34.9 Å². The first kappa shape index (κ1) is 13.6. The van der Waals surface area contributed by atoms with Crippen LogP contribution < -0.4 is 5.32 Å². The molecule has 0 saturated heterocycles. The summed E-state index contributed by atoms with van der Waals surface area (Å²) >= 11 is 0. The number of aliphatic hydroxyl groups excluding tert-OH is 1. The zero-order chi connectivity index (χ0) is 12.9. The van der Waals surface area contributed by atoms with Gasteiger partial charge in [0.1, 0.15) is 12.2 Å². The van der Waals surface area contributed by atoms with E-state index in [1.54, 1.807) is 0 Å². The Bertz CT molecular complexity index is 374. The van der Waals surface area contributed by atoms with Crippen molar-refractivity contribution in [1.29, 1.82) is 0 Å². The number of carbonyl (C=O) groups excluding carboxylic acids is 1. The van der Waals surface area contributed by atoms with Gasteiger partial charge in [0.25, 0.3) is 5.91 Å². The molecule has 96 valence electrons. The van der Waals surface area contributed by atoms with Crippen LogP contribution >= 0.6 is 0 Å². The number of halogens is 3. The van der Waals surface area contributed by atoms with Gasteiger partial charge in [-0.15, -0.1) is 0 Å². The van der Waals surface area contributed by atoms with Gasteiger partial charge in [-0.1, -0.05) is 0 Å². The lowest BCUT2D eigenvalue weighted by molar-refractivity contribution is -0.140. The summed E-state index contributed by atoms with van der Waals surface area (Å²) in [6.07, 6.45) is -2.79. The first-order valence-electron chi connectivity index (χ1n) is 5.05. The molecule has 0 atom stereocenters. The summed E-state index contributed by atoms with van der Waals surface area (Å²) in [4.78, 5) is 11.5. The predicted molar refractivity (Wildman–Crippen MR) is 54.5 cm³/mol. The number of carbonyl (C=O) groups is 1. The minimum absolute atomic E-state index is 0.0414. The van der Waals surface area contributed by atoms with E-state index < -0.39 is 18.6 Å². The maximum absolute atomic E-state index is 12.2. The Labute approximate surface area is 96.0 Å². The predicted octanol–water partition coefficient (Wildman–Crippen LogP) is 1.16. The third-order valence-corrected chi connectivity index (χ3v) is 2.03. The lowest BCUT2D eigenvalue weighted by Crippen LogP contribution is -2.29. The fraction of sp³-hybridized carbons (Fsp3) is 0.500. The van der Waals surface area contributed by atoms with Crippen LogP contribution in [0.1, 0.15) is 16.9 Å². The third-order valence-electron chi connectivity index (χ3n) is 2.03. The molecule has 7 heteroatoms. The van der Waals surface area contributed by atoms with Crippen LogP contribution in [0.25, 0.3) is 0 Å². The first-order valence-corrected chi connectivity index (χ1v) is 5.05. The van der Waals surface area contributed by atoms with Crippen molar-refractivity contribution in [1.82, 2.24) is 9.88 Å². The fourth-order valence-electron chi connectivity index (χ4n) is 1.32. The quantitative estimate of drug-likeness (QED) is 0.770. The van der Waals surface area contributed by atoms with Crippen molar-refractivity contribution in [2.24, 2.45) is 0 Å². The molecule has 2 N–H and O–H groups in total. The second-order valence-corrected chi connectivity index (χ2v) is 3.47. The van der Waals surface area contributed by atoms with Gasteiger partial charge in [-0.2, -0.15) is 13.2 Å². The lowest BCUT2D eigenvalue weighted by Gasteiger charge is -2.11. The molecule has 0 spiro atoms. The Kier molecular flexibility index (Phi) is 4.56. The van der Waals surface area contributed by atoms with Gasteiger partial charge in [-0.3, -0.25) is 4.79 Å². The summed E-state index contributed by atoms with van der Waals surface area (Å²) in [5.74, 6) is -0.576. The summed E-state index contributed by atoms with van der Waals surface area (Å²) in [5.41, 5.74) is -0.0414. The summed E-state index contributed by atoms with van der Waals surface area (Å²) < 4.78 is 37.4. The fourth-order valence-corrected chi connectivity index (χ4v) is 1.32. The van der Waals surface area contributed by atoms with Crippen LogP contribution in [0.5, 0.6) is 0 Å². The molecule has 0 bridgehead atoms. The van der Waals surface area contributed by atoms with Crippen LogP contribution in [0.3, 0.4) is 0 Å². The zero-order valence-electron chi connectivity index (χ0n) is 9.00. The Morgan fingerprint density at radius 1 is 1.47 bits per heavy atom. The molecule has 0 aromatic carbocycles. The van der Waals surface area contributed by atoms with Crippen molar-refractivity contribution in [3.05, 3.63) is 24.0 Å². The van der Waals surface area contributed by atoms with Gasteiger partial charge in [0.2, 0.25) is 0 Å². The van der Waals surface area contributed by atoms with E-state index in [9.17, 15) is 18.0 Å². The van der Waals surface area contributed by atoms with E-state index in [1.807, 2.05) is 0 Å². The summed E-state index contributed by atoms with van der Waals surface area (Å²) in [7, 11) is 0. The van der Waals surface area contributed by atoms with Crippen molar-refractivity contribution in [2.45, 2.75) is 19.1 Å². The van der Waals surface area contributed by atoms with Gasteiger partial charge in [-0.05, 0) is 18.6 Å². The van der Waals surface area contributed by atoms with Crippen molar-refractivity contribution >= 4 is 5.91 Å². The molecule has 4 nitrogen and oxygen atoms in total. The van der Waals surface area contributed by atoms with Gasteiger partial charge in [0.15, 0.2) is 0 Å². The highest BCUT2D eigenvalue weighted by atomic mass is 19.4. The molecule has 1 rings (SSSR count). The number of hydrogen-bond donors (Lipinski definition) is 2. The average molecular weight is 250 g/mol. The molecule has 1 aromatic heterocycles. The number of aliphatic hydroxyl groups is 1. The summed E-state index contributed by atoms with van der Waals surface area (Å²) in [5, 5.41) is 10.9. The topological polar surface area (TPSA) is 54.3 Å². The van der Waals surface area contributed by atoms with E-state index in [4.69, 9.17) is 5.11 Å². The van der Waals surface area contributed by atoms with E-state index in [2.05, 4.69) is 5.32 Å². The van der Waals surface area contributed by atoms with Crippen molar-refractivity contribution < 1.29 is 23.1 Å². The summed E-state index contributed by atoms with van der Waals surface area (Å²) in [6, 6.07) is 2.70. The van der Waals surface area contributed by atoms with E-state index in [0.717, 1.165) is 4.57 Å². The van der Waals surface area contributed by atoms with E-state index in [0.29, 0.717) is 6.42 Å². The second kappa shape index (κ2) is 5.72. The Balaban J connectivity index is 2.64. The average Bonchev–Trinajstić information content (AvgIpc) is 2.63. The van der Waals surface area contributed by atoms with Crippen LogP contribution in [0, 0.1) is 0 Å². The number of rotatable bonds is 5. The number of nitrogens with one attached hydrogen (secondary N) is 1. The third kappa shape index (κ3) is 4.48. The van der Waals surface area contributed by atoms with Gasteiger partial charge >= 0.3 is 6.18 Å². The highest BCUT2D eigenvalue weighted by Crippen LogP contribution is 2.18. The van der Waals surface area contributed by atoms with Crippen molar-refractivity contribution in [3.8, 4) is 0 Å². The molecule has 1 heterocycles. The van der Waals surface area contributed by atoms with Crippen LogP contribution in [-0.2, 0) is 6.54 Å². The van der Waals surface area contributed by atoms with E-state index in [-0.39, 0.29) is 18.8 Å². The molecule has 0 aliphatic carbocycles. The van der Waals surface area contributed by atoms with Gasteiger partial charge < -0.3 is 15.0 Å². The molecular weight excluding hydrogens is 237 g/mol. The minimum atomic E-state index is -4.36. The zero-order valence-corrected chi connectivity index (χ0v) is 9.00. The molecule has 1 aromatic rings. The highest BCUT2D eigenvalue weighted by Gasteiger charge is 2.29. The molecule has 0 saturated carbocycles. The summed E-state index contributed by atoms with van der Waals surface area (Å²) in [6.45, 7) is -1.04. The van der Waals surface area contributed by atoms with Crippen LogP contribution in [0.4, 0.5) is 13.2 Å². The monoisotopic (exact) mass is 250 g/mol. The lowest BCUT2D eigenvalue weighted by atomic mass is 10.3. The van der Waals surface area contributed by atoms with Crippen LogP contribution in [0.2, 0.25) is 0 Å². The number of amides is 1. The second-order valence-electron chi connectivity index (χ2n) is 3.47. The molecule has 0 radical (unpaired) electrons. The molecule has 0 fully saturated rings. The number of nitrogens with zero attached hydrogens (tertiary/aromatic N) is 1. The molecule has 1 amide bonds.